The standard InChI is InChI=1S/C24H26N4O3/c1-30-20-8-6-19(7-9-20)22-10-11-23(26-25-22)27-12-14-28(15-13-27)24(29)17-18-4-3-5-21(16-18)31-2/h3-11,16H,12-15,17H2,1-2H3. The Morgan fingerprint density at radius 3 is 2.26 bits per heavy atom. The predicted molar refractivity (Wildman–Crippen MR) is 120 cm³/mol. The third-order valence-corrected chi connectivity index (χ3v) is 5.48. The van der Waals surface area contributed by atoms with Gasteiger partial charge in [0, 0.05) is 31.7 Å². The summed E-state index contributed by atoms with van der Waals surface area (Å²) >= 11 is 0. The molecule has 1 aliphatic rings. The fourth-order valence-electron chi connectivity index (χ4n) is 3.66. The summed E-state index contributed by atoms with van der Waals surface area (Å²) in [5, 5.41) is 8.79. The smallest absolute Gasteiger partial charge is 0.227 e. The van der Waals surface area contributed by atoms with Gasteiger partial charge in [0.1, 0.15) is 11.5 Å². The summed E-state index contributed by atoms with van der Waals surface area (Å²) in [6.45, 7) is 2.82. The number of ether oxygens (including phenoxy) is 2. The molecule has 31 heavy (non-hydrogen) atoms. The number of hydrogen-bond donors (Lipinski definition) is 0. The predicted octanol–water partition coefficient (Wildman–Crippen LogP) is 3.05. The van der Waals surface area contributed by atoms with Gasteiger partial charge >= 0.3 is 0 Å². The van der Waals surface area contributed by atoms with E-state index in [1.807, 2.05) is 65.6 Å². The Labute approximate surface area is 182 Å². The quantitative estimate of drug-likeness (QED) is 0.613. The zero-order valence-electron chi connectivity index (χ0n) is 17.8. The summed E-state index contributed by atoms with van der Waals surface area (Å²) in [5.41, 5.74) is 2.78. The van der Waals surface area contributed by atoms with Gasteiger partial charge in [0.25, 0.3) is 0 Å². The van der Waals surface area contributed by atoms with Gasteiger partial charge in [-0.3, -0.25) is 4.79 Å². The van der Waals surface area contributed by atoms with Crippen LogP contribution < -0.4 is 14.4 Å². The first-order valence-electron chi connectivity index (χ1n) is 10.3. The van der Waals surface area contributed by atoms with Gasteiger partial charge in [0.2, 0.25) is 5.91 Å². The van der Waals surface area contributed by atoms with Crippen LogP contribution in [0.15, 0.2) is 60.7 Å². The molecule has 0 radical (unpaired) electrons. The summed E-state index contributed by atoms with van der Waals surface area (Å²) in [4.78, 5) is 16.8. The lowest BCUT2D eigenvalue weighted by molar-refractivity contribution is -0.130. The molecule has 0 aliphatic carbocycles. The fraction of sp³-hybridized carbons (Fsp3) is 0.292. The summed E-state index contributed by atoms with van der Waals surface area (Å²) in [7, 11) is 3.28. The molecule has 1 saturated heterocycles. The van der Waals surface area contributed by atoms with Crippen molar-refractivity contribution >= 4 is 11.7 Å². The van der Waals surface area contributed by atoms with Gasteiger partial charge in [0.15, 0.2) is 5.82 Å². The number of rotatable bonds is 6. The lowest BCUT2D eigenvalue weighted by Gasteiger charge is -2.35. The first kappa shape index (κ1) is 20.7. The number of amides is 1. The molecule has 1 aliphatic heterocycles. The molecule has 7 nitrogen and oxygen atoms in total. The van der Waals surface area contributed by atoms with Gasteiger partial charge in [-0.05, 0) is 54.1 Å². The van der Waals surface area contributed by atoms with Gasteiger partial charge in [-0.15, -0.1) is 10.2 Å². The number of nitrogens with zero attached hydrogens (tertiary/aromatic N) is 4. The topological polar surface area (TPSA) is 67.8 Å². The Balaban J connectivity index is 1.33. The molecular formula is C24H26N4O3. The first-order chi connectivity index (χ1) is 15.2. The number of hydrogen-bond acceptors (Lipinski definition) is 6. The van der Waals surface area contributed by atoms with Gasteiger partial charge in [-0.1, -0.05) is 12.1 Å². The molecule has 0 atom stereocenters. The highest BCUT2D eigenvalue weighted by molar-refractivity contribution is 5.79. The maximum Gasteiger partial charge on any atom is 0.227 e. The number of carbonyl (C=O) groups excluding carboxylic acids is 1. The van der Waals surface area contributed by atoms with Crippen LogP contribution in [0.4, 0.5) is 5.82 Å². The maximum atomic E-state index is 12.7. The minimum atomic E-state index is 0.133. The highest BCUT2D eigenvalue weighted by Crippen LogP contribution is 2.22. The second kappa shape index (κ2) is 9.47. The van der Waals surface area contributed by atoms with E-state index in [1.165, 1.54) is 0 Å². The zero-order valence-corrected chi connectivity index (χ0v) is 17.8. The highest BCUT2D eigenvalue weighted by Gasteiger charge is 2.22. The van der Waals surface area contributed by atoms with Crippen LogP contribution in [0.5, 0.6) is 11.5 Å². The maximum absolute atomic E-state index is 12.7. The van der Waals surface area contributed by atoms with E-state index in [2.05, 4.69) is 15.1 Å². The minimum Gasteiger partial charge on any atom is -0.497 e. The van der Waals surface area contributed by atoms with Crippen molar-refractivity contribution in [2.75, 3.05) is 45.3 Å². The molecule has 3 aromatic rings. The van der Waals surface area contributed by atoms with Crippen molar-refractivity contribution in [1.29, 1.82) is 0 Å². The van der Waals surface area contributed by atoms with E-state index < -0.39 is 0 Å². The summed E-state index contributed by atoms with van der Waals surface area (Å²) in [5.74, 6) is 2.55. The molecule has 0 saturated carbocycles. The Morgan fingerprint density at radius 1 is 0.871 bits per heavy atom. The largest absolute Gasteiger partial charge is 0.497 e. The van der Waals surface area contributed by atoms with Crippen molar-refractivity contribution in [3.63, 3.8) is 0 Å². The zero-order chi connectivity index (χ0) is 21.6. The molecule has 2 aromatic carbocycles. The van der Waals surface area contributed by atoms with Crippen molar-refractivity contribution in [3.05, 3.63) is 66.2 Å². The molecule has 1 amide bonds. The average Bonchev–Trinajstić information content (AvgIpc) is 2.84. The molecule has 0 spiro atoms. The van der Waals surface area contributed by atoms with Crippen molar-refractivity contribution in [3.8, 4) is 22.8 Å². The van der Waals surface area contributed by atoms with E-state index in [9.17, 15) is 4.79 Å². The van der Waals surface area contributed by atoms with Gasteiger partial charge in [-0.25, -0.2) is 0 Å². The van der Waals surface area contributed by atoms with Crippen LogP contribution in [0, 0.1) is 0 Å². The Bertz CT molecular complexity index is 1010. The molecule has 4 rings (SSSR count). The first-order valence-corrected chi connectivity index (χ1v) is 10.3. The normalized spacial score (nSPS) is 13.7. The molecule has 0 N–H and O–H groups in total. The fourth-order valence-corrected chi connectivity index (χ4v) is 3.66. The summed E-state index contributed by atoms with van der Waals surface area (Å²) in [6, 6.07) is 19.4. The average molecular weight is 418 g/mol. The molecule has 1 fully saturated rings. The SMILES string of the molecule is COc1ccc(-c2ccc(N3CCN(C(=O)Cc4cccc(OC)c4)CC3)nn2)cc1. The summed E-state index contributed by atoms with van der Waals surface area (Å²) < 4.78 is 10.4. The second-order valence-electron chi connectivity index (χ2n) is 7.40. The number of benzene rings is 2. The van der Waals surface area contributed by atoms with E-state index >= 15 is 0 Å². The van der Waals surface area contributed by atoms with Crippen molar-refractivity contribution in [2.45, 2.75) is 6.42 Å². The molecule has 160 valence electrons. The van der Waals surface area contributed by atoms with E-state index in [0.717, 1.165) is 47.2 Å². The summed E-state index contributed by atoms with van der Waals surface area (Å²) in [6.07, 6.45) is 0.383. The van der Waals surface area contributed by atoms with Crippen LogP contribution in [0.1, 0.15) is 5.56 Å². The van der Waals surface area contributed by atoms with Crippen molar-refractivity contribution < 1.29 is 14.3 Å². The van der Waals surface area contributed by atoms with Gasteiger partial charge < -0.3 is 19.3 Å². The van der Waals surface area contributed by atoms with Gasteiger partial charge in [-0.2, -0.15) is 0 Å². The number of carbonyl (C=O) groups is 1. The van der Waals surface area contributed by atoms with E-state index in [1.54, 1.807) is 14.2 Å². The van der Waals surface area contributed by atoms with Crippen LogP contribution >= 0.6 is 0 Å². The van der Waals surface area contributed by atoms with E-state index in [0.29, 0.717) is 19.5 Å². The monoisotopic (exact) mass is 418 g/mol. The Hall–Kier alpha value is -3.61. The van der Waals surface area contributed by atoms with E-state index in [-0.39, 0.29) is 5.91 Å². The number of piperazine rings is 1. The third-order valence-electron chi connectivity index (χ3n) is 5.48. The van der Waals surface area contributed by atoms with Crippen LogP contribution in [0.25, 0.3) is 11.3 Å². The van der Waals surface area contributed by atoms with E-state index in [4.69, 9.17) is 9.47 Å². The number of aromatic nitrogens is 2. The highest BCUT2D eigenvalue weighted by atomic mass is 16.5. The Kier molecular flexibility index (Phi) is 6.31. The molecule has 0 bridgehead atoms. The molecule has 2 heterocycles. The van der Waals surface area contributed by atoms with Crippen LogP contribution in [-0.4, -0.2) is 61.4 Å². The number of anilines is 1. The Morgan fingerprint density at radius 2 is 1.61 bits per heavy atom. The molecule has 7 heteroatoms. The number of methoxy groups -OCH3 is 2. The van der Waals surface area contributed by atoms with Crippen LogP contribution in [0.2, 0.25) is 0 Å². The second-order valence-corrected chi connectivity index (χ2v) is 7.40. The molecule has 0 unspecified atom stereocenters. The molecular weight excluding hydrogens is 392 g/mol. The van der Waals surface area contributed by atoms with Gasteiger partial charge in [0.05, 0.1) is 26.3 Å². The third kappa shape index (κ3) is 4.94. The lowest BCUT2D eigenvalue weighted by Crippen LogP contribution is -2.49. The van der Waals surface area contributed by atoms with Crippen molar-refractivity contribution in [1.82, 2.24) is 15.1 Å². The van der Waals surface area contributed by atoms with Crippen molar-refractivity contribution in [2.24, 2.45) is 0 Å². The minimum absolute atomic E-state index is 0.133. The van der Waals surface area contributed by atoms with Crippen LogP contribution in [0.3, 0.4) is 0 Å². The van der Waals surface area contributed by atoms with Crippen LogP contribution in [-0.2, 0) is 11.2 Å². The molecule has 1 aromatic heterocycles. The lowest BCUT2D eigenvalue weighted by atomic mass is 10.1.